The molecule has 1 heterocycles. The van der Waals surface area contributed by atoms with E-state index in [0.717, 1.165) is 12.6 Å². The van der Waals surface area contributed by atoms with Gasteiger partial charge in [0.1, 0.15) is 0 Å². The van der Waals surface area contributed by atoms with E-state index in [9.17, 15) is 13.2 Å². The molecule has 0 aliphatic carbocycles. The van der Waals surface area contributed by atoms with Gasteiger partial charge in [-0.05, 0) is 25.0 Å². The van der Waals surface area contributed by atoms with Gasteiger partial charge in [-0.1, -0.05) is 6.08 Å². The number of hydrogen-bond donors (Lipinski definition) is 1. The quantitative estimate of drug-likeness (QED) is 0.603. The first kappa shape index (κ1) is 15.3. The van der Waals surface area contributed by atoms with Gasteiger partial charge in [-0.15, -0.1) is 6.58 Å². The van der Waals surface area contributed by atoms with Crippen LogP contribution < -0.4 is 0 Å². The van der Waals surface area contributed by atoms with Crippen LogP contribution in [-0.4, -0.2) is 42.4 Å². The van der Waals surface area contributed by atoms with Gasteiger partial charge in [-0.25, -0.2) is 18.2 Å². The van der Waals surface area contributed by atoms with E-state index in [4.69, 9.17) is 5.11 Å². The minimum absolute atomic E-state index is 0.0479. The monoisotopic (exact) mass is 284 g/mol. The fourth-order valence-electron chi connectivity index (χ4n) is 1.40. The van der Waals surface area contributed by atoms with Crippen LogP contribution in [0.25, 0.3) is 0 Å². The van der Waals surface area contributed by atoms with Crippen LogP contribution in [0.4, 0.5) is 0 Å². The summed E-state index contributed by atoms with van der Waals surface area (Å²) in [6, 6.07) is 2.42. The third kappa shape index (κ3) is 3.87. The van der Waals surface area contributed by atoms with E-state index in [2.05, 4.69) is 11.6 Å². The molecule has 0 fully saturated rings. The maximum absolute atomic E-state index is 12.1. The molecule has 0 saturated carbocycles. The first-order valence-electron chi connectivity index (χ1n) is 5.66. The van der Waals surface area contributed by atoms with Crippen molar-refractivity contribution >= 4 is 16.0 Å². The maximum Gasteiger partial charge on any atom is 0.337 e. The van der Waals surface area contributed by atoms with Gasteiger partial charge >= 0.3 is 5.97 Å². The molecular formula is C12H16N2O4S. The van der Waals surface area contributed by atoms with Gasteiger partial charge in [0.15, 0.2) is 5.03 Å². The number of aromatic nitrogens is 1. The van der Waals surface area contributed by atoms with Crippen LogP contribution in [0.2, 0.25) is 0 Å². The molecule has 1 aromatic heterocycles. The predicted molar refractivity (Wildman–Crippen MR) is 70.4 cm³/mol. The largest absolute Gasteiger partial charge is 0.478 e. The number of sulfonamides is 1. The zero-order valence-corrected chi connectivity index (χ0v) is 11.4. The van der Waals surface area contributed by atoms with Crippen molar-refractivity contribution in [2.24, 2.45) is 0 Å². The van der Waals surface area contributed by atoms with E-state index >= 15 is 0 Å². The molecule has 0 saturated heterocycles. The lowest BCUT2D eigenvalue weighted by Gasteiger charge is -2.15. The maximum atomic E-state index is 12.1. The van der Waals surface area contributed by atoms with Crippen molar-refractivity contribution in [1.82, 2.24) is 9.29 Å². The number of rotatable bonds is 7. The smallest absolute Gasteiger partial charge is 0.337 e. The third-order valence-electron chi connectivity index (χ3n) is 2.54. The first-order chi connectivity index (χ1) is 8.89. The molecule has 0 unspecified atom stereocenters. The second kappa shape index (κ2) is 6.44. The Morgan fingerprint density at radius 2 is 2.21 bits per heavy atom. The Kier molecular flexibility index (Phi) is 5.20. The van der Waals surface area contributed by atoms with Crippen molar-refractivity contribution in [2.75, 3.05) is 13.6 Å². The molecule has 1 N–H and O–H groups in total. The highest BCUT2D eigenvalue weighted by atomic mass is 32.2. The second-order valence-corrected chi connectivity index (χ2v) is 5.94. The lowest BCUT2D eigenvalue weighted by Crippen LogP contribution is -2.28. The van der Waals surface area contributed by atoms with E-state index in [0.29, 0.717) is 13.0 Å². The van der Waals surface area contributed by atoms with Gasteiger partial charge in [0.05, 0.1) is 5.56 Å². The molecule has 1 rings (SSSR count). The molecule has 0 aliphatic heterocycles. The molecular weight excluding hydrogens is 268 g/mol. The van der Waals surface area contributed by atoms with Crippen molar-refractivity contribution in [3.05, 3.63) is 36.5 Å². The summed E-state index contributed by atoms with van der Waals surface area (Å²) in [5, 5.41) is 8.57. The summed E-state index contributed by atoms with van der Waals surface area (Å²) in [6.45, 7) is 3.93. The van der Waals surface area contributed by atoms with E-state index in [1.165, 1.54) is 23.5 Å². The second-order valence-electron chi connectivity index (χ2n) is 3.95. The Balaban J connectivity index is 2.87. The minimum atomic E-state index is -3.67. The van der Waals surface area contributed by atoms with Gasteiger partial charge in [0.25, 0.3) is 10.0 Å². The van der Waals surface area contributed by atoms with Gasteiger partial charge < -0.3 is 5.11 Å². The molecule has 0 amide bonds. The summed E-state index contributed by atoms with van der Waals surface area (Å²) in [5.41, 5.74) is -0.0479. The molecule has 19 heavy (non-hydrogen) atoms. The number of aromatic carboxylic acids is 1. The van der Waals surface area contributed by atoms with Crippen molar-refractivity contribution in [3.63, 3.8) is 0 Å². The SMILES string of the molecule is C=CCCCN(C)S(=O)(=O)c1ccc(C(=O)O)cn1. The number of allylic oxidation sites excluding steroid dienone is 1. The lowest BCUT2D eigenvalue weighted by atomic mass is 10.3. The highest BCUT2D eigenvalue weighted by Gasteiger charge is 2.21. The van der Waals surface area contributed by atoms with E-state index in [-0.39, 0.29) is 10.6 Å². The standard InChI is InChI=1S/C12H16N2O4S/c1-3-4-5-8-14(2)19(17,18)11-7-6-10(9-13-11)12(15)16/h3,6-7,9H,1,4-5,8H2,2H3,(H,15,16). The summed E-state index contributed by atoms with van der Waals surface area (Å²) in [6.07, 6.45) is 4.16. The third-order valence-corrected chi connectivity index (χ3v) is 4.31. The number of carboxylic acid groups (broad SMARTS) is 1. The Hall–Kier alpha value is -1.73. The zero-order valence-electron chi connectivity index (χ0n) is 10.6. The summed E-state index contributed by atoms with van der Waals surface area (Å²) in [4.78, 5) is 14.4. The minimum Gasteiger partial charge on any atom is -0.478 e. The van der Waals surface area contributed by atoms with Gasteiger partial charge in [-0.2, -0.15) is 4.31 Å². The molecule has 0 radical (unpaired) electrons. The summed E-state index contributed by atoms with van der Waals surface area (Å²) in [5.74, 6) is -1.14. The number of hydrogen-bond acceptors (Lipinski definition) is 4. The van der Waals surface area contributed by atoms with Crippen molar-refractivity contribution in [2.45, 2.75) is 17.9 Å². The molecule has 0 aromatic carbocycles. The molecule has 1 aromatic rings. The fourth-order valence-corrected chi connectivity index (χ4v) is 2.51. The van der Waals surface area contributed by atoms with Crippen molar-refractivity contribution < 1.29 is 18.3 Å². The molecule has 0 bridgehead atoms. The van der Waals surface area contributed by atoms with Crippen LogP contribution in [0, 0.1) is 0 Å². The highest BCUT2D eigenvalue weighted by Crippen LogP contribution is 2.13. The number of carboxylic acids is 1. The van der Waals surface area contributed by atoms with Crippen molar-refractivity contribution in [1.29, 1.82) is 0 Å². The van der Waals surface area contributed by atoms with Crippen LogP contribution in [0.15, 0.2) is 36.0 Å². The molecule has 104 valence electrons. The summed E-state index contributed by atoms with van der Waals surface area (Å²) in [7, 11) is -2.20. The topological polar surface area (TPSA) is 87.6 Å². The van der Waals surface area contributed by atoms with Crippen LogP contribution in [0.1, 0.15) is 23.2 Å². The summed E-state index contributed by atoms with van der Waals surface area (Å²) < 4.78 is 25.4. The normalized spacial score (nSPS) is 11.5. The van der Waals surface area contributed by atoms with Crippen LogP contribution in [0.5, 0.6) is 0 Å². The average Bonchev–Trinajstić information content (AvgIpc) is 2.39. The first-order valence-corrected chi connectivity index (χ1v) is 7.10. The van der Waals surface area contributed by atoms with E-state index < -0.39 is 16.0 Å². The number of nitrogens with zero attached hydrogens (tertiary/aromatic N) is 2. The average molecular weight is 284 g/mol. The number of pyridine rings is 1. The Morgan fingerprint density at radius 3 is 2.68 bits per heavy atom. The molecule has 0 atom stereocenters. The lowest BCUT2D eigenvalue weighted by molar-refractivity contribution is 0.0696. The summed E-state index contributed by atoms with van der Waals surface area (Å²) >= 11 is 0. The molecule has 6 nitrogen and oxygen atoms in total. The fraction of sp³-hybridized carbons (Fsp3) is 0.333. The van der Waals surface area contributed by atoms with E-state index in [1.54, 1.807) is 6.08 Å². The van der Waals surface area contributed by atoms with Crippen LogP contribution in [0.3, 0.4) is 0 Å². The van der Waals surface area contributed by atoms with Gasteiger partial charge in [0, 0.05) is 19.8 Å². The number of unbranched alkanes of at least 4 members (excludes halogenated alkanes) is 1. The van der Waals surface area contributed by atoms with Crippen LogP contribution >= 0.6 is 0 Å². The zero-order chi connectivity index (χ0) is 14.5. The highest BCUT2D eigenvalue weighted by molar-refractivity contribution is 7.89. The predicted octanol–water partition coefficient (Wildman–Crippen LogP) is 1.37. The Labute approximate surface area is 112 Å². The van der Waals surface area contributed by atoms with Gasteiger partial charge in [-0.3, -0.25) is 0 Å². The Morgan fingerprint density at radius 1 is 1.53 bits per heavy atom. The van der Waals surface area contributed by atoms with Crippen LogP contribution in [-0.2, 0) is 10.0 Å². The molecule has 7 heteroatoms. The van der Waals surface area contributed by atoms with E-state index in [1.807, 2.05) is 0 Å². The van der Waals surface area contributed by atoms with Crippen molar-refractivity contribution in [3.8, 4) is 0 Å². The van der Waals surface area contributed by atoms with Gasteiger partial charge in [0.2, 0.25) is 0 Å². The number of carbonyl (C=O) groups is 1. The Bertz CT molecular complexity index is 552. The molecule has 0 spiro atoms. The molecule has 0 aliphatic rings.